The molecular weight excluding hydrogens is 815 g/mol. The van der Waals surface area contributed by atoms with Gasteiger partial charge in [0, 0.05) is 26.0 Å². The van der Waals surface area contributed by atoms with Crippen molar-refractivity contribution in [3.05, 3.63) is 166 Å². The van der Waals surface area contributed by atoms with E-state index < -0.39 is 17.6 Å². The molecule has 3 aliphatic rings. The second kappa shape index (κ2) is 14.9. The van der Waals surface area contributed by atoms with E-state index in [1.807, 2.05) is 33.8 Å². The molecule has 11 rings (SSSR count). The average Bonchev–Trinajstić information content (AvgIpc) is 3.78. The Kier molecular flexibility index (Phi) is 9.09. The first kappa shape index (κ1) is 41.0. The van der Waals surface area contributed by atoms with Gasteiger partial charge < -0.3 is 4.74 Å². The van der Waals surface area contributed by atoms with Gasteiger partial charge in [-0.05, 0) is 133 Å². The van der Waals surface area contributed by atoms with Gasteiger partial charge in [-0.3, -0.25) is 0 Å². The summed E-state index contributed by atoms with van der Waals surface area (Å²) in [5.74, 6) is -0.305. The molecule has 6 aromatic carbocycles. The van der Waals surface area contributed by atoms with Crippen LogP contribution in [-0.4, -0.2) is 4.57 Å². The van der Waals surface area contributed by atoms with Gasteiger partial charge in [0.25, 0.3) is 0 Å². The number of ether oxygens (including phenoxy) is 1. The molecule has 8 aromatic rings. The van der Waals surface area contributed by atoms with Crippen LogP contribution >= 0.6 is 0 Å². The Morgan fingerprint density at radius 3 is 1.81 bits per heavy atom. The third kappa shape index (κ3) is 6.30. The molecule has 0 N–H and O–H groups in total. The van der Waals surface area contributed by atoms with Gasteiger partial charge in [0.05, 0.1) is 5.56 Å². The molecule has 4 nitrogen and oxygen atoms in total. The minimum atomic E-state index is -1.08. The summed E-state index contributed by atoms with van der Waals surface area (Å²) in [6.45, 7) is 30.7. The van der Waals surface area contributed by atoms with E-state index in [1.165, 1.54) is 55.6 Å². The standard InChI is InChI=1S/C63H67N3O/c1-36(2)43-31-50(39(7)8)59-53(32-43)60-65(46-27-23-41(24-28-46)56-47(37(3)4)17-15-18-48(56)38(5)6)54-20-16-19-49-51-34-45(62(12,13)14)35-52-55-33-42(40-21-25-44(26-22-40)61(9,10)11)29-30-64(55)63(67-59,57(51)52)66(60)58(49)54/h15-39H,1-14H3/q+2/i37D,38D. The first-order chi connectivity index (χ1) is 32.4. The van der Waals surface area contributed by atoms with Crippen molar-refractivity contribution in [1.29, 1.82) is 0 Å². The van der Waals surface area contributed by atoms with Crippen LogP contribution in [0.25, 0.3) is 72.7 Å². The maximum absolute atomic E-state index is 9.22. The smallest absolute Gasteiger partial charge is 0.392 e. The molecule has 1 spiro atoms. The Balaban J connectivity index is 1.25. The fraction of sp³-hybridized carbons (Fsp3) is 0.333. The van der Waals surface area contributed by atoms with E-state index in [2.05, 4.69) is 204 Å². The molecule has 4 heteroatoms. The maximum Gasteiger partial charge on any atom is 0.499 e. The zero-order chi connectivity index (χ0) is 49.1. The molecule has 2 aromatic heterocycles. The highest BCUT2D eigenvalue weighted by molar-refractivity contribution is 5.98. The average molecular weight is 884 g/mol. The highest BCUT2D eigenvalue weighted by Crippen LogP contribution is 2.56. The summed E-state index contributed by atoms with van der Waals surface area (Å²) >= 11 is 0. The minimum absolute atomic E-state index is 0.0630. The summed E-state index contributed by atoms with van der Waals surface area (Å²) in [6, 6.07) is 45.3. The molecule has 0 saturated heterocycles. The van der Waals surface area contributed by atoms with E-state index >= 15 is 0 Å². The van der Waals surface area contributed by atoms with Gasteiger partial charge in [-0.25, -0.2) is 0 Å². The van der Waals surface area contributed by atoms with E-state index in [4.69, 9.17) is 4.74 Å². The Labute approximate surface area is 401 Å². The Morgan fingerprint density at radius 2 is 1.19 bits per heavy atom. The quantitative estimate of drug-likeness (QED) is 0.146. The fourth-order valence-electron chi connectivity index (χ4n) is 11.3. The van der Waals surface area contributed by atoms with Crippen LogP contribution in [0.1, 0.15) is 162 Å². The first-order valence-corrected chi connectivity index (χ1v) is 24.5. The van der Waals surface area contributed by atoms with Gasteiger partial charge in [-0.1, -0.05) is 164 Å². The molecular formula is C63H67N3O+2. The number of hydrogen-bond acceptors (Lipinski definition) is 1. The highest BCUT2D eigenvalue weighted by atomic mass is 16.5. The lowest BCUT2D eigenvalue weighted by Crippen LogP contribution is -2.78. The van der Waals surface area contributed by atoms with Crippen LogP contribution in [0, 0.1) is 0 Å². The second-order valence-electron chi connectivity index (χ2n) is 22.6. The van der Waals surface area contributed by atoms with Crippen molar-refractivity contribution in [2.45, 2.75) is 137 Å². The summed E-state index contributed by atoms with van der Waals surface area (Å²) in [5, 5.41) is 0. The number of rotatable bonds is 7. The van der Waals surface area contributed by atoms with Gasteiger partial charge in [0.15, 0.2) is 23.0 Å². The molecule has 0 bridgehead atoms. The number of pyridine rings is 1. The predicted molar refractivity (Wildman–Crippen MR) is 278 cm³/mol. The summed E-state index contributed by atoms with van der Waals surface area (Å²) in [5.41, 5.74) is 21.5. The SMILES string of the molecule is [2H]C(C)(C)c1cccc(C([2H])(C)C)c1-c1ccc(-n2c3[n+]4c5c(cccc52)-c2cc(C(C)(C)C)cc5c2C4(Oc2c-3cc(C(C)C)cc2C(C)C)[n+]2ccc(-c3ccc(C(C)(C)C)cc3)cc2-5)cc1. The highest BCUT2D eigenvalue weighted by Gasteiger charge is 2.69. The normalized spacial score (nSPS) is 16.5. The van der Waals surface area contributed by atoms with Crippen molar-refractivity contribution in [3.8, 4) is 67.5 Å². The van der Waals surface area contributed by atoms with Gasteiger partial charge in [0.1, 0.15) is 16.8 Å². The molecule has 0 amide bonds. The van der Waals surface area contributed by atoms with Gasteiger partial charge in [-0.2, -0.15) is 4.57 Å². The zero-order valence-corrected chi connectivity index (χ0v) is 42.0. The van der Waals surface area contributed by atoms with Crippen molar-refractivity contribution in [2.24, 2.45) is 0 Å². The van der Waals surface area contributed by atoms with Crippen molar-refractivity contribution < 1.29 is 16.6 Å². The van der Waals surface area contributed by atoms with Crippen molar-refractivity contribution >= 4 is 11.0 Å². The monoisotopic (exact) mass is 884 g/mol. The molecule has 338 valence electrons. The largest absolute Gasteiger partial charge is 0.499 e. The van der Waals surface area contributed by atoms with Gasteiger partial charge in [-0.15, -0.1) is 9.13 Å². The molecule has 3 aliphatic heterocycles. The lowest BCUT2D eigenvalue weighted by molar-refractivity contribution is -0.997. The van der Waals surface area contributed by atoms with Gasteiger partial charge in [0.2, 0.25) is 5.69 Å². The van der Waals surface area contributed by atoms with Crippen molar-refractivity contribution in [2.75, 3.05) is 0 Å². The molecule has 0 radical (unpaired) electrons. The molecule has 1 atom stereocenters. The zero-order valence-electron chi connectivity index (χ0n) is 44.0. The minimum Gasteiger partial charge on any atom is -0.392 e. The molecule has 0 aliphatic carbocycles. The van der Waals surface area contributed by atoms with E-state index in [1.54, 1.807) is 0 Å². The first-order valence-electron chi connectivity index (χ1n) is 25.5. The topological polar surface area (TPSA) is 21.9 Å². The summed E-state index contributed by atoms with van der Waals surface area (Å²) in [4.78, 5) is 0. The van der Waals surface area contributed by atoms with Crippen molar-refractivity contribution in [3.63, 3.8) is 0 Å². The Bertz CT molecular complexity index is 3400. The fourth-order valence-corrected chi connectivity index (χ4v) is 11.3. The van der Waals surface area contributed by atoms with Crippen LogP contribution in [0.5, 0.6) is 5.75 Å². The molecule has 0 saturated carbocycles. The molecule has 67 heavy (non-hydrogen) atoms. The number of imidazole rings is 1. The number of hydrogen-bond donors (Lipinski definition) is 0. The number of fused-ring (bicyclic) bond motifs is 5. The Hall–Kier alpha value is -6.26. The van der Waals surface area contributed by atoms with Crippen molar-refractivity contribution in [1.82, 2.24) is 4.57 Å². The predicted octanol–water partition coefficient (Wildman–Crippen LogP) is 15.9. The van der Waals surface area contributed by atoms with Crippen LogP contribution in [-0.2, 0) is 16.7 Å². The molecule has 1 unspecified atom stereocenters. The third-order valence-electron chi connectivity index (χ3n) is 14.9. The van der Waals surface area contributed by atoms with E-state index in [0.717, 1.165) is 61.8 Å². The summed E-state index contributed by atoms with van der Waals surface area (Å²) in [7, 11) is 0. The number of para-hydroxylation sites is 1. The lowest BCUT2D eigenvalue weighted by atomic mass is 9.80. The van der Waals surface area contributed by atoms with Crippen LogP contribution in [0.3, 0.4) is 0 Å². The third-order valence-corrected chi connectivity index (χ3v) is 14.9. The second-order valence-corrected chi connectivity index (χ2v) is 22.6. The van der Waals surface area contributed by atoms with Crippen LogP contribution in [0.2, 0.25) is 0 Å². The van der Waals surface area contributed by atoms with E-state index in [0.29, 0.717) is 5.92 Å². The Morgan fingerprint density at radius 1 is 0.567 bits per heavy atom. The van der Waals surface area contributed by atoms with E-state index in [-0.39, 0.29) is 16.7 Å². The van der Waals surface area contributed by atoms with E-state index in [9.17, 15) is 2.74 Å². The molecule has 0 fully saturated rings. The van der Waals surface area contributed by atoms with Crippen LogP contribution in [0.15, 0.2) is 128 Å². The number of nitrogens with zero attached hydrogens (tertiary/aromatic N) is 3. The summed E-state index contributed by atoms with van der Waals surface area (Å²) < 4.78 is 33.9. The van der Waals surface area contributed by atoms with Gasteiger partial charge >= 0.3 is 11.7 Å². The number of aromatic nitrogens is 3. The lowest BCUT2D eigenvalue weighted by Gasteiger charge is -2.34. The maximum atomic E-state index is 9.22. The molecule has 5 heterocycles. The summed E-state index contributed by atoms with van der Waals surface area (Å²) in [6.07, 6.45) is 2.28. The van der Waals surface area contributed by atoms with Crippen LogP contribution < -0.4 is 13.9 Å². The number of benzene rings is 6. The van der Waals surface area contributed by atoms with Crippen LogP contribution in [0.4, 0.5) is 0 Å².